The van der Waals surface area contributed by atoms with Crippen LogP contribution < -0.4 is 11.1 Å². The zero-order valence-corrected chi connectivity index (χ0v) is 16.2. The SMILES string of the molecule is NC(=O)C1CCN(CCCCNC(=O)C=Cc2c(Cl)cccc2Cl)CC1. The van der Waals surface area contributed by atoms with Crippen molar-refractivity contribution in [3.63, 3.8) is 0 Å². The average Bonchev–Trinajstić information content (AvgIpc) is 2.61. The van der Waals surface area contributed by atoms with Crippen molar-refractivity contribution in [2.45, 2.75) is 25.7 Å². The predicted molar refractivity (Wildman–Crippen MR) is 106 cm³/mol. The molecule has 2 amide bonds. The molecule has 0 atom stereocenters. The molecule has 1 fully saturated rings. The number of hydrogen-bond acceptors (Lipinski definition) is 3. The highest BCUT2D eigenvalue weighted by atomic mass is 35.5. The Morgan fingerprint density at radius 3 is 2.46 bits per heavy atom. The van der Waals surface area contributed by atoms with Gasteiger partial charge in [0.25, 0.3) is 0 Å². The Kier molecular flexibility index (Phi) is 8.42. The van der Waals surface area contributed by atoms with Gasteiger partial charge in [0, 0.05) is 34.1 Å². The minimum Gasteiger partial charge on any atom is -0.369 e. The number of piperidine rings is 1. The van der Waals surface area contributed by atoms with Crippen LogP contribution in [0.15, 0.2) is 24.3 Å². The van der Waals surface area contributed by atoms with Crippen LogP contribution in [0.4, 0.5) is 0 Å². The van der Waals surface area contributed by atoms with Gasteiger partial charge in [-0.25, -0.2) is 0 Å². The van der Waals surface area contributed by atoms with Crippen molar-refractivity contribution in [2.24, 2.45) is 11.7 Å². The number of nitrogens with two attached hydrogens (primary N) is 1. The molecule has 1 aromatic rings. The first-order valence-corrected chi connectivity index (χ1v) is 9.64. The molecule has 5 nitrogen and oxygen atoms in total. The van der Waals surface area contributed by atoms with Crippen LogP contribution in [0.2, 0.25) is 10.0 Å². The Morgan fingerprint density at radius 1 is 1.19 bits per heavy atom. The lowest BCUT2D eigenvalue weighted by atomic mass is 9.96. The lowest BCUT2D eigenvalue weighted by molar-refractivity contribution is -0.123. The van der Waals surface area contributed by atoms with Crippen LogP contribution in [-0.4, -0.2) is 42.9 Å². The second kappa shape index (κ2) is 10.6. The highest BCUT2D eigenvalue weighted by Gasteiger charge is 2.22. The summed E-state index contributed by atoms with van der Waals surface area (Å²) in [6, 6.07) is 5.23. The number of amides is 2. The lowest BCUT2D eigenvalue weighted by Gasteiger charge is -2.30. The molecule has 0 saturated carbocycles. The number of primary amides is 1. The number of carbonyl (C=O) groups excluding carboxylic acids is 2. The number of nitrogens with one attached hydrogen (secondary N) is 1. The van der Waals surface area contributed by atoms with E-state index in [1.807, 2.05) is 0 Å². The van der Waals surface area contributed by atoms with Crippen LogP contribution in [0, 0.1) is 5.92 Å². The van der Waals surface area contributed by atoms with Crippen molar-refractivity contribution in [3.8, 4) is 0 Å². The molecule has 0 radical (unpaired) electrons. The van der Waals surface area contributed by atoms with Gasteiger partial charge in [0.05, 0.1) is 0 Å². The normalized spacial score (nSPS) is 16.1. The first-order chi connectivity index (χ1) is 12.5. The maximum atomic E-state index is 11.9. The molecule has 0 aliphatic carbocycles. The molecule has 2 rings (SSSR count). The molecule has 0 unspecified atom stereocenters. The minimum atomic E-state index is -0.182. The van der Waals surface area contributed by atoms with Crippen LogP contribution in [0.1, 0.15) is 31.2 Å². The summed E-state index contributed by atoms with van der Waals surface area (Å²) in [5.74, 6) is -0.314. The fraction of sp³-hybridized carbons (Fsp3) is 0.474. The fourth-order valence-corrected chi connectivity index (χ4v) is 3.52. The van der Waals surface area contributed by atoms with E-state index in [1.54, 1.807) is 24.3 Å². The second-order valence-electron chi connectivity index (χ2n) is 6.49. The Bertz CT molecular complexity index is 636. The number of halogens is 2. The zero-order valence-electron chi connectivity index (χ0n) is 14.7. The minimum absolute atomic E-state index is 0.0314. The summed E-state index contributed by atoms with van der Waals surface area (Å²) in [6.45, 7) is 3.44. The van der Waals surface area contributed by atoms with E-state index in [0.29, 0.717) is 22.2 Å². The molecular formula is C19H25Cl2N3O2. The summed E-state index contributed by atoms with van der Waals surface area (Å²) in [7, 11) is 0. The number of carbonyl (C=O) groups is 2. The van der Waals surface area contributed by atoms with E-state index in [1.165, 1.54) is 6.08 Å². The van der Waals surface area contributed by atoms with E-state index in [0.717, 1.165) is 45.3 Å². The first kappa shape index (κ1) is 20.7. The highest BCUT2D eigenvalue weighted by Crippen LogP contribution is 2.25. The van der Waals surface area contributed by atoms with Gasteiger partial charge in [-0.05, 0) is 63.5 Å². The van der Waals surface area contributed by atoms with E-state index in [2.05, 4.69) is 10.2 Å². The number of nitrogens with zero attached hydrogens (tertiary/aromatic N) is 1. The van der Waals surface area contributed by atoms with Crippen molar-refractivity contribution in [3.05, 3.63) is 39.9 Å². The van der Waals surface area contributed by atoms with Gasteiger partial charge in [-0.3, -0.25) is 9.59 Å². The van der Waals surface area contributed by atoms with Crippen molar-refractivity contribution < 1.29 is 9.59 Å². The molecule has 1 saturated heterocycles. The predicted octanol–water partition coefficient (Wildman–Crippen LogP) is 3.10. The molecule has 0 spiro atoms. The quantitative estimate of drug-likeness (QED) is 0.522. The molecule has 1 aliphatic heterocycles. The molecule has 0 aromatic heterocycles. The van der Waals surface area contributed by atoms with E-state index in [4.69, 9.17) is 28.9 Å². The molecule has 1 aromatic carbocycles. The largest absolute Gasteiger partial charge is 0.369 e. The summed E-state index contributed by atoms with van der Waals surface area (Å²) < 4.78 is 0. The first-order valence-electron chi connectivity index (χ1n) is 8.89. The number of hydrogen-bond donors (Lipinski definition) is 2. The van der Waals surface area contributed by atoms with E-state index < -0.39 is 0 Å². The summed E-state index contributed by atoms with van der Waals surface area (Å²) in [6.07, 6.45) is 6.68. The van der Waals surface area contributed by atoms with Crippen molar-refractivity contribution in [1.29, 1.82) is 0 Å². The molecule has 1 heterocycles. The maximum Gasteiger partial charge on any atom is 0.244 e. The molecular weight excluding hydrogens is 373 g/mol. The topological polar surface area (TPSA) is 75.4 Å². The monoisotopic (exact) mass is 397 g/mol. The fourth-order valence-electron chi connectivity index (χ4n) is 3.00. The zero-order chi connectivity index (χ0) is 18.9. The molecule has 0 bridgehead atoms. The molecule has 26 heavy (non-hydrogen) atoms. The van der Waals surface area contributed by atoms with E-state index >= 15 is 0 Å². The van der Waals surface area contributed by atoms with Gasteiger partial charge in [-0.1, -0.05) is 29.3 Å². The summed E-state index contributed by atoms with van der Waals surface area (Å²) >= 11 is 12.1. The number of benzene rings is 1. The summed E-state index contributed by atoms with van der Waals surface area (Å²) in [4.78, 5) is 25.4. The van der Waals surface area contributed by atoms with Crippen molar-refractivity contribution in [1.82, 2.24) is 10.2 Å². The lowest BCUT2D eigenvalue weighted by Crippen LogP contribution is -2.39. The van der Waals surface area contributed by atoms with Crippen LogP contribution in [0.3, 0.4) is 0 Å². The Balaban J connectivity index is 1.61. The number of unbranched alkanes of at least 4 members (excludes halogenated alkanes) is 1. The van der Waals surface area contributed by atoms with Crippen LogP contribution in [0.25, 0.3) is 6.08 Å². The van der Waals surface area contributed by atoms with E-state index in [9.17, 15) is 9.59 Å². The van der Waals surface area contributed by atoms with Gasteiger partial charge in [0.15, 0.2) is 0 Å². The number of rotatable bonds is 8. The number of likely N-dealkylation sites (tertiary alicyclic amines) is 1. The van der Waals surface area contributed by atoms with Crippen LogP contribution in [-0.2, 0) is 9.59 Å². The Labute approximate surface area is 164 Å². The molecule has 1 aliphatic rings. The molecule has 7 heteroatoms. The maximum absolute atomic E-state index is 11.9. The van der Waals surface area contributed by atoms with Crippen LogP contribution >= 0.6 is 23.2 Å². The Morgan fingerprint density at radius 2 is 1.85 bits per heavy atom. The van der Waals surface area contributed by atoms with Gasteiger partial charge in [0.1, 0.15) is 0 Å². The third-order valence-electron chi connectivity index (χ3n) is 4.59. The van der Waals surface area contributed by atoms with Gasteiger partial charge < -0.3 is 16.0 Å². The average molecular weight is 398 g/mol. The second-order valence-corrected chi connectivity index (χ2v) is 7.30. The molecule has 3 N–H and O–H groups in total. The van der Waals surface area contributed by atoms with Crippen molar-refractivity contribution >= 4 is 41.1 Å². The van der Waals surface area contributed by atoms with Gasteiger partial charge >= 0.3 is 0 Å². The Hall–Kier alpha value is -1.56. The van der Waals surface area contributed by atoms with Gasteiger partial charge in [0.2, 0.25) is 11.8 Å². The smallest absolute Gasteiger partial charge is 0.244 e. The summed E-state index contributed by atoms with van der Waals surface area (Å²) in [5.41, 5.74) is 5.98. The third-order valence-corrected chi connectivity index (χ3v) is 5.25. The van der Waals surface area contributed by atoms with Crippen LogP contribution in [0.5, 0.6) is 0 Å². The third kappa shape index (κ3) is 6.63. The van der Waals surface area contributed by atoms with Gasteiger partial charge in [-0.15, -0.1) is 0 Å². The standard InChI is InChI=1S/C19H25Cl2N3O2/c20-16-4-3-5-17(21)15(16)6-7-18(25)23-10-1-2-11-24-12-8-14(9-13-24)19(22)26/h3-7,14H,1-2,8-13H2,(H2,22,26)(H,23,25). The highest BCUT2D eigenvalue weighted by molar-refractivity contribution is 6.37. The van der Waals surface area contributed by atoms with E-state index in [-0.39, 0.29) is 17.7 Å². The molecule has 142 valence electrons. The van der Waals surface area contributed by atoms with Gasteiger partial charge in [-0.2, -0.15) is 0 Å². The summed E-state index contributed by atoms with van der Waals surface area (Å²) in [5, 5.41) is 3.89. The van der Waals surface area contributed by atoms with Crippen molar-refractivity contribution in [2.75, 3.05) is 26.2 Å².